The average Bonchev–Trinajstić information content (AvgIpc) is 2.94. The number of halogens is 2. The van der Waals surface area contributed by atoms with Gasteiger partial charge in [-0.1, -0.05) is 85.6 Å². The number of carbonyl (C=O) groups excluding carboxylic acids is 2. The van der Waals surface area contributed by atoms with Crippen LogP contribution in [0.2, 0.25) is 10.0 Å². The summed E-state index contributed by atoms with van der Waals surface area (Å²) in [5.74, 6) is -0.794. The van der Waals surface area contributed by atoms with Crippen LogP contribution in [0.3, 0.4) is 0 Å². The van der Waals surface area contributed by atoms with E-state index in [9.17, 15) is 18.0 Å². The van der Waals surface area contributed by atoms with Crippen LogP contribution in [-0.2, 0) is 26.0 Å². The average molecular weight is 591 g/mol. The van der Waals surface area contributed by atoms with Crippen LogP contribution in [0, 0.1) is 0 Å². The summed E-state index contributed by atoms with van der Waals surface area (Å²) in [7, 11) is -4.19. The van der Waals surface area contributed by atoms with Crippen LogP contribution in [0.5, 0.6) is 0 Å². The molecule has 1 atom stereocenters. The molecular weight excluding hydrogens is 557 g/mol. The molecule has 39 heavy (non-hydrogen) atoms. The number of hydrogen-bond donors (Lipinski definition) is 1. The van der Waals surface area contributed by atoms with E-state index in [1.165, 1.54) is 35.2 Å². The summed E-state index contributed by atoms with van der Waals surface area (Å²) in [6.45, 7) is 3.93. The minimum absolute atomic E-state index is 0.00684. The molecule has 0 spiro atoms. The van der Waals surface area contributed by atoms with Gasteiger partial charge < -0.3 is 10.2 Å². The normalized spacial score (nSPS) is 12.0. The van der Waals surface area contributed by atoms with Crippen molar-refractivity contribution in [1.82, 2.24) is 10.2 Å². The second-order valence-corrected chi connectivity index (χ2v) is 11.7. The fourth-order valence-corrected chi connectivity index (χ4v) is 6.19. The molecule has 0 heterocycles. The first kappa shape index (κ1) is 30.5. The first-order valence-electron chi connectivity index (χ1n) is 12.8. The Morgan fingerprint density at radius 1 is 0.923 bits per heavy atom. The summed E-state index contributed by atoms with van der Waals surface area (Å²) < 4.78 is 28.6. The van der Waals surface area contributed by atoms with Crippen LogP contribution in [0.1, 0.15) is 32.3 Å². The zero-order valence-corrected chi connectivity index (χ0v) is 24.3. The van der Waals surface area contributed by atoms with Gasteiger partial charge in [-0.25, -0.2) is 8.42 Å². The van der Waals surface area contributed by atoms with Crippen molar-refractivity contribution in [2.24, 2.45) is 0 Å². The lowest BCUT2D eigenvalue weighted by Crippen LogP contribution is -2.53. The summed E-state index contributed by atoms with van der Waals surface area (Å²) in [6, 6.07) is 21.1. The highest BCUT2D eigenvalue weighted by Gasteiger charge is 2.34. The quantitative estimate of drug-likeness (QED) is 0.282. The summed E-state index contributed by atoms with van der Waals surface area (Å²) >= 11 is 12.5. The van der Waals surface area contributed by atoms with Crippen molar-refractivity contribution < 1.29 is 18.0 Å². The standard InChI is InChI=1S/C29H33Cl2N3O4S/c1-3-18-32-29(36)26(4-2)33(19-17-22-11-7-5-8-12-22)28(35)21-34(27-16-15-23(30)20-25(27)31)39(37,38)24-13-9-6-10-14-24/h5-16,20,26H,3-4,17-19,21H2,1-2H3,(H,32,36)/t26-/m1/s1. The number of rotatable bonds is 13. The Kier molecular flexibility index (Phi) is 11.2. The maximum Gasteiger partial charge on any atom is 0.264 e. The third kappa shape index (κ3) is 7.97. The van der Waals surface area contributed by atoms with Gasteiger partial charge in [0.15, 0.2) is 0 Å². The van der Waals surface area contributed by atoms with Crippen molar-refractivity contribution >= 4 is 50.7 Å². The van der Waals surface area contributed by atoms with Crippen LogP contribution in [-0.4, -0.2) is 50.8 Å². The van der Waals surface area contributed by atoms with Gasteiger partial charge >= 0.3 is 0 Å². The molecule has 0 aliphatic heterocycles. The fraction of sp³-hybridized carbons (Fsp3) is 0.310. The van der Waals surface area contributed by atoms with Crippen LogP contribution >= 0.6 is 23.2 Å². The minimum atomic E-state index is -4.19. The second kappa shape index (κ2) is 14.4. The number of sulfonamides is 1. The number of amides is 2. The van der Waals surface area contributed by atoms with E-state index < -0.39 is 28.5 Å². The van der Waals surface area contributed by atoms with Gasteiger partial charge in [0.2, 0.25) is 11.8 Å². The molecule has 0 unspecified atom stereocenters. The van der Waals surface area contributed by atoms with E-state index in [1.54, 1.807) is 18.2 Å². The molecule has 7 nitrogen and oxygen atoms in total. The molecular formula is C29H33Cl2N3O4S. The first-order chi connectivity index (χ1) is 18.7. The van der Waals surface area contributed by atoms with Crippen molar-refractivity contribution in [2.75, 3.05) is 23.9 Å². The minimum Gasteiger partial charge on any atom is -0.354 e. The van der Waals surface area contributed by atoms with Crippen LogP contribution in [0.25, 0.3) is 0 Å². The van der Waals surface area contributed by atoms with Crippen molar-refractivity contribution in [3.05, 3.63) is 94.5 Å². The number of nitrogens with zero attached hydrogens (tertiary/aromatic N) is 2. The van der Waals surface area contributed by atoms with Crippen LogP contribution in [0.4, 0.5) is 5.69 Å². The number of carbonyl (C=O) groups is 2. The van der Waals surface area contributed by atoms with Gasteiger partial charge in [0.05, 0.1) is 15.6 Å². The first-order valence-corrected chi connectivity index (χ1v) is 15.0. The second-order valence-electron chi connectivity index (χ2n) is 8.96. The highest BCUT2D eigenvalue weighted by molar-refractivity contribution is 7.92. The van der Waals surface area contributed by atoms with Gasteiger partial charge in [-0.15, -0.1) is 0 Å². The molecule has 2 amide bonds. The summed E-state index contributed by atoms with van der Waals surface area (Å²) in [4.78, 5) is 28.5. The van der Waals surface area contributed by atoms with Gasteiger partial charge in [0, 0.05) is 18.1 Å². The predicted octanol–water partition coefficient (Wildman–Crippen LogP) is 5.56. The Balaban J connectivity index is 2.02. The molecule has 0 bridgehead atoms. The molecule has 1 N–H and O–H groups in total. The number of benzene rings is 3. The smallest absolute Gasteiger partial charge is 0.264 e. The molecule has 0 fully saturated rings. The zero-order valence-electron chi connectivity index (χ0n) is 22.0. The third-order valence-corrected chi connectivity index (χ3v) is 8.52. The van der Waals surface area contributed by atoms with E-state index in [2.05, 4.69) is 5.32 Å². The lowest BCUT2D eigenvalue weighted by Gasteiger charge is -2.33. The molecule has 0 radical (unpaired) electrons. The zero-order chi connectivity index (χ0) is 28.4. The molecule has 3 aromatic rings. The lowest BCUT2D eigenvalue weighted by molar-refractivity contribution is -0.139. The number of anilines is 1. The van der Waals surface area contributed by atoms with Gasteiger partial charge in [-0.05, 0) is 55.2 Å². The van der Waals surface area contributed by atoms with Gasteiger partial charge in [0.25, 0.3) is 10.0 Å². The van der Waals surface area contributed by atoms with Crippen molar-refractivity contribution in [1.29, 1.82) is 0 Å². The SMILES string of the molecule is CCCNC(=O)[C@@H](CC)N(CCc1ccccc1)C(=O)CN(c1ccc(Cl)cc1Cl)S(=O)(=O)c1ccccc1. The van der Waals surface area contributed by atoms with Crippen LogP contribution in [0.15, 0.2) is 83.8 Å². The van der Waals surface area contributed by atoms with Gasteiger partial charge in [-0.3, -0.25) is 13.9 Å². The fourth-order valence-electron chi connectivity index (χ4n) is 4.18. The Hall–Kier alpha value is -3.07. The number of nitrogens with one attached hydrogen (secondary N) is 1. The molecule has 0 aliphatic rings. The molecule has 3 rings (SSSR count). The van der Waals surface area contributed by atoms with Crippen LogP contribution < -0.4 is 9.62 Å². The topological polar surface area (TPSA) is 86.8 Å². The van der Waals surface area contributed by atoms with E-state index in [4.69, 9.17) is 23.2 Å². The van der Waals surface area contributed by atoms with Crippen molar-refractivity contribution in [2.45, 2.75) is 44.0 Å². The van der Waals surface area contributed by atoms with E-state index in [0.29, 0.717) is 24.4 Å². The predicted molar refractivity (Wildman–Crippen MR) is 157 cm³/mol. The Labute approximate surface area is 240 Å². The molecule has 3 aromatic carbocycles. The van der Waals surface area contributed by atoms with E-state index in [0.717, 1.165) is 16.3 Å². The molecule has 0 saturated carbocycles. The molecule has 0 saturated heterocycles. The summed E-state index contributed by atoms with van der Waals surface area (Å²) in [5, 5.41) is 3.28. The molecule has 208 valence electrons. The highest BCUT2D eigenvalue weighted by atomic mass is 35.5. The van der Waals surface area contributed by atoms with Gasteiger partial charge in [-0.2, -0.15) is 0 Å². The Morgan fingerprint density at radius 2 is 1.56 bits per heavy atom. The van der Waals surface area contributed by atoms with Gasteiger partial charge in [0.1, 0.15) is 12.6 Å². The highest BCUT2D eigenvalue weighted by Crippen LogP contribution is 2.33. The summed E-state index contributed by atoms with van der Waals surface area (Å²) in [5.41, 5.74) is 1.11. The molecule has 0 aliphatic carbocycles. The third-order valence-electron chi connectivity index (χ3n) is 6.21. The van der Waals surface area contributed by atoms with E-state index >= 15 is 0 Å². The Morgan fingerprint density at radius 3 is 2.15 bits per heavy atom. The van der Waals surface area contributed by atoms with E-state index in [-0.39, 0.29) is 28.1 Å². The monoisotopic (exact) mass is 589 g/mol. The summed E-state index contributed by atoms with van der Waals surface area (Å²) in [6.07, 6.45) is 1.61. The molecule has 10 heteroatoms. The number of hydrogen-bond acceptors (Lipinski definition) is 4. The lowest BCUT2D eigenvalue weighted by atomic mass is 10.1. The maximum absolute atomic E-state index is 14.0. The molecule has 0 aromatic heterocycles. The van der Waals surface area contributed by atoms with Crippen molar-refractivity contribution in [3.63, 3.8) is 0 Å². The largest absolute Gasteiger partial charge is 0.354 e. The maximum atomic E-state index is 14.0. The van der Waals surface area contributed by atoms with Crippen molar-refractivity contribution in [3.8, 4) is 0 Å². The van der Waals surface area contributed by atoms with E-state index in [1.807, 2.05) is 44.2 Å². The Bertz CT molecular complexity index is 1360.